The molecule has 4 heteroatoms. The van der Waals surface area contributed by atoms with Crippen LogP contribution in [0.1, 0.15) is 31.4 Å². The van der Waals surface area contributed by atoms with Gasteiger partial charge in [-0.15, -0.1) is 11.8 Å². The van der Waals surface area contributed by atoms with Crippen molar-refractivity contribution >= 4 is 11.8 Å². The van der Waals surface area contributed by atoms with Crippen molar-refractivity contribution in [3.63, 3.8) is 0 Å². The Hall–Kier alpha value is -0.550. The topological polar surface area (TPSA) is 50.1 Å². The van der Waals surface area contributed by atoms with Gasteiger partial charge in [-0.25, -0.2) is 5.43 Å². The van der Waals surface area contributed by atoms with Gasteiger partial charge in [0, 0.05) is 16.9 Å². The highest BCUT2D eigenvalue weighted by Crippen LogP contribution is 2.33. The van der Waals surface area contributed by atoms with Crippen LogP contribution in [0.3, 0.4) is 0 Å². The van der Waals surface area contributed by atoms with E-state index in [-0.39, 0.29) is 5.41 Å². The maximum absolute atomic E-state index is 5.27. The number of fused-ring (bicyclic) bond motifs is 1. The lowest BCUT2D eigenvalue weighted by Crippen LogP contribution is -2.40. The van der Waals surface area contributed by atoms with E-state index in [0.717, 1.165) is 6.54 Å². The monoisotopic (exact) mass is 265 g/mol. The minimum absolute atomic E-state index is 0.133. The van der Waals surface area contributed by atoms with Crippen LogP contribution in [-0.4, -0.2) is 19.0 Å². The summed E-state index contributed by atoms with van der Waals surface area (Å²) in [6, 6.07) is 6.95. The molecule has 0 aromatic heterocycles. The second-order valence-electron chi connectivity index (χ2n) is 5.47. The molecular formula is C14H23N3S. The molecule has 0 atom stereocenters. The van der Waals surface area contributed by atoms with Crippen LogP contribution >= 0.6 is 11.8 Å². The number of aryl methyl sites for hydroxylation is 1. The lowest BCUT2D eigenvalue weighted by atomic mass is 9.83. The zero-order chi connectivity index (χ0) is 13.0. The molecule has 0 saturated carbocycles. The highest BCUT2D eigenvalue weighted by atomic mass is 32.2. The van der Waals surface area contributed by atoms with Crippen LogP contribution in [0.25, 0.3) is 0 Å². The van der Waals surface area contributed by atoms with Crippen molar-refractivity contribution in [2.75, 3.05) is 19.0 Å². The van der Waals surface area contributed by atoms with Crippen LogP contribution in [0.2, 0.25) is 0 Å². The number of hydrazine groups is 1. The van der Waals surface area contributed by atoms with Crippen molar-refractivity contribution in [3.8, 4) is 0 Å². The van der Waals surface area contributed by atoms with Crippen LogP contribution in [0.15, 0.2) is 23.1 Å². The average Bonchev–Trinajstić information content (AvgIpc) is 2.38. The number of hydrogen-bond acceptors (Lipinski definition) is 4. The fraction of sp³-hybridized carbons (Fsp3) is 0.571. The maximum Gasteiger partial charge on any atom is 0.0587 e. The van der Waals surface area contributed by atoms with Gasteiger partial charge in [-0.05, 0) is 35.8 Å². The smallest absolute Gasteiger partial charge is 0.0587 e. The Bertz CT molecular complexity index is 404. The third-order valence-corrected chi connectivity index (χ3v) is 4.69. The quantitative estimate of drug-likeness (QED) is 0.330. The normalized spacial score (nSPS) is 15.5. The zero-order valence-electron chi connectivity index (χ0n) is 11.3. The van der Waals surface area contributed by atoms with Crippen molar-refractivity contribution < 1.29 is 0 Å². The van der Waals surface area contributed by atoms with Crippen molar-refractivity contribution in [1.82, 2.24) is 10.7 Å². The maximum atomic E-state index is 5.27. The predicted molar refractivity (Wildman–Crippen MR) is 78.7 cm³/mol. The lowest BCUT2D eigenvalue weighted by Gasteiger charge is -2.27. The molecule has 0 radical (unpaired) electrons. The zero-order valence-corrected chi connectivity index (χ0v) is 12.1. The third-order valence-electron chi connectivity index (χ3n) is 3.48. The van der Waals surface area contributed by atoms with Gasteiger partial charge in [0.15, 0.2) is 0 Å². The number of nitrogens with one attached hydrogen (secondary N) is 2. The van der Waals surface area contributed by atoms with E-state index in [1.165, 1.54) is 34.6 Å². The minimum Gasteiger partial charge on any atom is -0.303 e. The first-order chi connectivity index (χ1) is 8.63. The van der Waals surface area contributed by atoms with E-state index in [9.17, 15) is 0 Å². The minimum atomic E-state index is 0.133. The molecule has 0 fully saturated rings. The first-order valence-electron chi connectivity index (χ1n) is 6.54. The van der Waals surface area contributed by atoms with Crippen LogP contribution in [0.5, 0.6) is 0 Å². The standard InChI is InChI=1S/C14H23N3S/c1-14(2,9-16-10-17-15)12-5-6-13-11(8-12)4-3-7-18-13/h5-6,8,16-17H,3-4,7,9-10,15H2,1-2H3. The van der Waals surface area contributed by atoms with E-state index in [4.69, 9.17) is 5.84 Å². The fourth-order valence-electron chi connectivity index (χ4n) is 2.33. The summed E-state index contributed by atoms with van der Waals surface area (Å²) >= 11 is 1.99. The molecule has 0 bridgehead atoms. The van der Waals surface area contributed by atoms with Crippen LogP contribution in [-0.2, 0) is 11.8 Å². The predicted octanol–water partition coefficient (Wildman–Crippen LogP) is 2.01. The Labute approximate surface area is 114 Å². The van der Waals surface area contributed by atoms with Gasteiger partial charge in [0.2, 0.25) is 0 Å². The fourth-order valence-corrected chi connectivity index (χ4v) is 3.35. The molecule has 100 valence electrons. The Morgan fingerprint density at radius 1 is 1.39 bits per heavy atom. The number of hydrogen-bond donors (Lipinski definition) is 3. The molecule has 1 aromatic rings. The van der Waals surface area contributed by atoms with Gasteiger partial charge in [0.25, 0.3) is 0 Å². The van der Waals surface area contributed by atoms with Crippen molar-refractivity contribution in [3.05, 3.63) is 29.3 Å². The van der Waals surface area contributed by atoms with E-state index in [1.807, 2.05) is 11.8 Å². The molecule has 0 amide bonds. The molecule has 2 rings (SSSR count). The molecule has 0 aliphatic carbocycles. The van der Waals surface area contributed by atoms with Crippen molar-refractivity contribution in [2.45, 2.75) is 37.0 Å². The van der Waals surface area contributed by atoms with Crippen molar-refractivity contribution in [2.24, 2.45) is 5.84 Å². The Morgan fingerprint density at radius 3 is 3.00 bits per heavy atom. The van der Waals surface area contributed by atoms with E-state index >= 15 is 0 Å². The third kappa shape index (κ3) is 3.26. The van der Waals surface area contributed by atoms with Gasteiger partial charge in [0.05, 0.1) is 6.67 Å². The molecule has 1 aliphatic rings. The summed E-state index contributed by atoms with van der Waals surface area (Å²) in [7, 11) is 0. The summed E-state index contributed by atoms with van der Waals surface area (Å²) in [5.41, 5.74) is 5.69. The second kappa shape index (κ2) is 6.06. The Kier molecular flexibility index (Phi) is 4.67. The van der Waals surface area contributed by atoms with E-state index in [1.54, 1.807) is 0 Å². The largest absolute Gasteiger partial charge is 0.303 e. The van der Waals surface area contributed by atoms with Crippen LogP contribution < -0.4 is 16.6 Å². The summed E-state index contributed by atoms with van der Waals surface area (Å²) in [5, 5.41) is 3.31. The lowest BCUT2D eigenvalue weighted by molar-refractivity contribution is 0.454. The van der Waals surface area contributed by atoms with Gasteiger partial charge in [-0.2, -0.15) is 0 Å². The highest BCUT2D eigenvalue weighted by molar-refractivity contribution is 7.99. The Balaban J connectivity index is 2.11. The average molecular weight is 265 g/mol. The SMILES string of the molecule is CC(C)(CNCNN)c1ccc2c(c1)CCCS2. The molecule has 18 heavy (non-hydrogen) atoms. The first kappa shape index (κ1) is 13.9. The Morgan fingerprint density at radius 2 is 2.22 bits per heavy atom. The number of benzene rings is 1. The summed E-state index contributed by atoms with van der Waals surface area (Å²) in [4.78, 5) is 1.47. The summed E-state index contributed by atoms with van der Waals surface area (Å²) in [6.07, 6.45) is 2.53. The molecule has 1 heterocycles. The molecule has 1 aliphatic heterocycles. The van der Waals surface area contributed by atoms with Gasteiger partial charge in [-0.3, -0.25) is 5.84 Å². The molecule has 1 aromatic carbocycles. The summed E-state index contributed by atoms with van der Waals surface area (Å²) in [6.45, 7) is 6.11. The van der Waals surface area contributed by atoms with E-state index in [0.29, 0.717) is 6.67 Å². The van der Waals surface area contributed by atoms with Crippen LogP contribution in [0, 0.1) is 0 Å². The molecule has 4 N–H and O–H groups in total. The van der Waals surface area contributed by atoms with E-state index < -0.39 is 0 Å². The molecule has 0 unspecified atom stereocenters. The van der Waals surface area contributed by atoms with Gasteiger partial charge >= 0.3 is 0 Å². The van der Waals surface area contributed by atoms with Crippen molar-refractivity contribution in [1.29, 1.82) is 0 Å². The first-order valence-corrected chi connectivity index (χ1v) is 7.52. The molecule has 0 spiro atoms. The summed E-state index contributed by atoms with van der Waals surface area (Å²) < 4.78 is 0. The molecule has 0 saturated heterocycles. The molecular weight excluding hydrogens is 242 g/mol. The van der Waals surface area contributed by atoms with E-state index in [2.05, 4.69) is 42.8 Å². The highest BCUT2D eigenvalue weighted by Gasteiger charge is 2.21. The van der Waals surface area contributed by atoms with Gasteiger partial charge < -0.3 is 5.32 Å². The van der Waals surface area contributed by atoms with Gasteiger partial charge in [-0.1, -0.05) is 26.0 Å². The van der Waals surface area contributed by atoms with Crippen LogP contribution in [0.4, 0.5) is 0 Å². The number of rotatable bonds is 5. The second-order valence-corrected chi connectivity index (χ2v) is 6.60. The number of thioether (sulfide) groups is 1. The van der Waals surface area contributed by atoms with Gasteiger partial charge in [0.1, 0.15) is 0 Å². The summed E-state index contributed by atoms with van der Waals surface area (Å²) in [5.74, 6) is 6.54. The molecule has 3 nitrogen and oxygen atoms in total. The number of nitrogens with two attached hydrogens (primary N) is 1.